The van der Waals surface area contributed by atoms with Crippen LogP contribution in [0.25, 0.3) is 10.2 Å². The predicted molar refractivity (Wildman–Crippen MR) is 84.0 cm³/mol. The summed E-state index contributed by atoms with van der Waals surface area (Å²) in [5.41, 5.74) is 1.17. The van der Waals surface area contributed by atoms with Gasteiger partial charge in [0.25, 0.3) is 0 Å². The number of aromatic nitrogens is 2. The van der Waals surface area contributed by atoms with Gasteiger partial charge < -0.3 is 9.84 Å². The van der Waals surface area contributed by atoms with Gasteiger partial charge in [-0.2, -0.15) is 0 Å². The van der Waals surface area contributed by atoms with Crippen molar-refractivity contribution in [1.82, 2.24) is 14.9 Å². The molecule has 0 aromatic carbocycles. The van der Waals surface area contributed by atoms with E-state index in [-0.39, 0.29) is 12.7 Å². The van der Waals surface area contributed by atoms with Crippen LogP contribution in [-0.2, 0) is 11.3 Å². The Morgan fingerprint density at radius 1 is 1.43 bits per heavy atom. The van der Waals surface area contributed by atoms with Crippen molar-refractivity contribution < 1.29 is 9.84 Å². The third-order valence-electron chi connectivity index (χ3n) is 3.82. The molecule has 0 amide bonds. The summed E-state index contributed by atoms with van der Waals surface area (Å²) >= 11 is 7.98. The lowest BCUT2D eigenvalue weighted by atomic mass is 10.2. The number of rotatable bonds is 3. The van der Waals surface area contributed by atoms with E-state index in [1.807, 2.05) is 0 Å². The topological polar surface area (TPSA) is 58.5 Å². The van der Waals surface area contributed by atoms with Crippen LogP contribution in [0.4, 0.5) is 0 Å². The van der Waals surface area contributed by atoms with Crippen molar-refractivity contribution in [3.05, 3.63) is 21.4 Å². The van der Waals surface area contributed by atoms with E-state index in [0.29, 0.717) is 24.8 Å². The zero-order valence-corrected chi connectivity index (χ0v) is 13.7. The van der Waals surface area contributed by atoms with Crippen LogP contribution in [0, 0.1) is 13.8 Å². The summed E-state index contributed by atoms with van der Waals surface area (Å²) in [4.78, 5) is 13.4. The van der Waals surface area contributed by atoms with E-state index < -0.39 is 0 Å². The molecule has 114 valence electrons. The number of aryl methyl sites for hydroxylation is 2. The summed E-state index contributed by atoms with van der Waals surface area (Å²) in [6.45, 7) is 6.93. The SMILES string of the molecule is Cc1sc2nc(CN3CCOC(CO)C3)nc(Cl)c2c1C. The van der Waals surface area contributed by atoms with Crippen molar-refractivity contribution in [3.63, 3.8) is 0 Å². The first-order valence-corrected chi connectivity index (χ1v) is 8.15. The van der Waals surface area contributed by atoms with Crippen molar-refractivity contribution in [2.75, 3.05) is 26.3 Å². The number of halogens is 1. The zero-order chi connectivity index (χ0) is 15.0. The van der Waals surface area contributed by atoms with Crippen LogP contribution in [0.15, 0.2) is 0 Å². The fraction of sp³-hybridized carbons (Fsp3) is 0.571. The lowest BCUT2D eigenvalue weighted by Gasteiger charge is -2.31. The number of hydrogen-bond donors (Lipinski definition) is 1. The smallest absolute Gasteiger partial charge is 0.145 e. The molecule has 2 aromatic heterocycles. The Morgan fingerprint density at radius 3 is 3.00 bits per heavy atom. The Kier molecular flexibility index (Phi) is 4.42. The van der Waals surface area contributed by atoms with E-state index >= 15 is 0 Å². The normalized spacial score (nSPS) is 20.3. The first-order chi connectivity index (χ1) is 10.1. The number of ether oxygens (including phenoxy) is 1. The van der Waals surface area contributed by atoms with Crippen LogP contribution in [0.3, 0.4) is 0 Å². The molecule has 1 atom stereocenters. The molecule has 0 bridgehead atoms. The van der Waals surface area contributed by atoms with Gasteiger partial charge in [0.1, 0.15) is 15.8 Å². The molecule has 5 nitrogen and oxygen atoms in total. The maximum Gasteiger partial charge on any atom is 0.145 e. The average Bonchev–Trinajstić information content (AvgIpc) is 2.74. The Balaban J connectivity index is 1.84. The largest absolute Gasteiger partial charge is 0.394 e. The molecule has 1 aliphatic rings. The van der Waals surface area contributed by atoms with E-state index in [1.54, 1.807) is 11.3 Å². The number of nitrogens with zero attached hydrogens (tertiary/aromatic N) is 3. The van der Waals surface area contributed by atoms with Crippen molar-refractivity contribution >= 4 is 33.2 Å². The number of morpholine rings is 1. The summed E-state index contributed by atoms with van der Waals surface area (Å²) in [5, 5.41) is 10.7. The highest BCUT2D eigenvalue weighted by Gasteiger charge is 2.21. The lowest BCUT2D eigenvalue weighted by Crippen LogP contribution is -2.43. The maximum atomic E-state index is 9.19. The van der Waals surface area contributed by atoms with E-state index in [9.17, 15) is 5.11 Å². The molecule has 21 heavy (non-hydrogen) atoms. The number of thiophene rings is 1. The second kappa shape index (κ2) is 6.14. The molecule has 2 aromatic rings. The third kappa shape index (κ3) is 3.05. The summed E-state index contributed by atoms with van der Waals surface area (Å²) in [5.74, 6) is 0.729. The van der Waals surface area contributed by atoms with E-state index in [0.717, 1.165) is 22.6 Å². The summed E-state index contributed by atoms with van der Waals surface area (Å²) in [6.07, 6.45) is -0.121. The van der Waals surface area contributed by atoms with Gasteiger partial charge in [-0.15, -0.1) is 11.3 Å². The summed E-state index contributed by atoms with van der Waals surface area (Å²) in [6, 6.07) is 0. The number of aliphatic hydroxyl groups excluding tert-OH is 1. The second-order valence-electron chi connectivity index (χ2n) is 5.30. The first kappa shape index (κ1) is 15.1. The van der Waals surface area contributed by atoms with Crippen molar-refractivity contribution in [3.8, 4) is 0 Å². The minimum absolute atomic E-state index is 0.0421. The summed E-state index contributed by atoms with van der Waals surface area (Å²) in [7, 11) is 0. The number of aliphatic hydroxyl groups is 1. The fourth-order valence-electron chi connectivity index (χ4n) is 2.55. The summed E-state index contributed by atoms with van der Waals surface area (Å²) < 4.78 is 5.45. The molecular weight excluding hydrogens is 310 g/mol. The molecule has 1 fully saturated rings. The molecule has 1 N–H and O–H groups in total. The van der Waals surface area contributed by atoms with Gasteiger partial charge in [0, 0.05) is 18.0 Å². The third-order valence-corrected chi connectivity index (χ3v) is 5.20. The van der Waals surface area contributed by atoms with Crippen molar-refractivity contribution in [2.24, 2.45) is 0 Å². The molecule has 3 heterocycles. The van der Waals surface area contributed by atoms with Gasteiger partial charge in [-0.3, -0.25) is 4.90 Å². The number of fused-ring (bicyclic) bond motifs is 1. The Morgan fingerprint density at radius 2 is 2.24 bits per heavy atom. The van der Waals surface area contributed by atoms with Crippen LogP contribution in [0.5, 0.6) is 0 Å². The maximum absolute atomic E-state index is 9.19. The zero-order valence-electron chi connectivity index (χ0n) is 12.1. The molecule has 0 spiro atoms. The minimum Gasteiger partial charge on any atom is -0.394 e. The van der Waals surface area contributed by atoms with E-state index in [1.165, 1.54) is 10.4 Å². The molecule has 1 unspecified atom stereocenters. The molecule has 0 radical (unpaired) electrons. The van der Waals surface area contributed by atoms with Gasteiger partial charge in [-0.25, -0.2) is 9.97 Å². The van der Waals surface area contributed by atoms with E-state index in [4.69, 9.17) is 16.3 Å². The van der Waals surface area contributed by atoms with Gasteiger partial charge in [-0.05, 0) is 19.4 Å². The van der Waals surface area contributed by atoms with Crippen LogP contribution in [-0.4, -0.2) is 52.4 Å². The standard InChI is InChI=1S/C14H18ClN3O2S/c1-8-9(2)21-14-12(8)13(15)16-11(17-14)6-18-3-4-20-10(5-18)7-19/h10,19H,3-7H2,1-2H3. The van der Waals surface area contributed by atoms with Crippen LogP contribution in [0.1, 0.15) is 16.3 Å². The van der Waals surface area contributed by atoms with Crippen LogP contribution in [0.2, 0.25) is 5.15 Å². The molecule has 1 aliphatic heterocycles. The number of hydrogen-bond acceptors (Lipinski definition) is 6. The highest BCUT2D eigenvalue weighted by Crippen LogP contribution is 2.33. The Hall–Kier alpha value is -0.790. The molecular formula is C14H18ClN3O2S. The van der Waals surface area contributed by atoms with Crippen molar-refractivity contribution in [1.29, 1.82) is 0 Å². The predicted octanol–water partition coefficient (Wildman–Crippen LogP) is 2.15. The first-order valence-electron chi connectivity index (χ1n) is 6.95. The van der Waals surface area contributed by atoms with E-state index in [2.05, 4.69) is 28.7 Å². The molecule has 0 saturated carbocycles. The molecule has 3 rings (SSSR count). The quantitative estimate of drug-likeness (QED) is 0.875. The fourth-order valence-corrected chi connectivity index (χ4v) is 3.98. The van der Waals surface area contributed by atoms with Gasteiger partial charge in [0.15, 0.2) is 0 Å². The van der Waals surface area contributed by atoms with Gasteiger partial charge in [-0.1, -0.05) is 11.6 Å². The average molecular weight is 328 g/mol. The Bertz CT molecular complexity index is 661. The minimum atomic E-state index is -0.121. The van der Waals surface area contributed by atoms with Crippen LogP contribution >= 0.6 is 22.9 Å². The van der Waals surface area contributed by atoms with Gasteiger partial charge in [0.05, 0.1) is 31.2 Å². The lowest BCUT2D eigenvalue weighted by molar-refractivity contribution is -0.0556. The molecule has 7 heteroatoms. The highest BCUT2D eigenvalue weighted by atomic mass is 35.5. The second-order valence-corrected chi connectivity index (χ2v) is 6.87. The monoisotopic (exact) mass is 327 g/mol. The van der Waals surface area contributed by atoms with Crippen molar-refractivity contribution in [2.45, 2.75) is 26.5 Å². The molecule has 0 aliphatic carbocycles. The van der Waals surface area contributed by atoms with Gasteiger partial charge in [0.2, 0.25) is 0 Å². The van der Waals surface area contributed by atoms with Gasteiger partial charge >= 0.3 is 0 Å². The molecule has 1 saturated heterocycles. The Labute approximate surface area is 132 Å². The van der Waals surface area contributed by atoms with Crippen LogP contribution < -0.4 is 0 Å². The highest BCUT2D eigenvalue weighted by molar-refractivity contribution is 7.18.